The van der Waals surface area contributed by atoms with Crippen LogP contribution < -0.4 is 20.7 Å². The van der Waals surface area contributed by atoms with E-state index in [2.05, 4.69) is 16.0 Å². The molecule has 0 fully saturated rings. The molecule has 0 aromatic heterocycles. The molecule has 0 saturated carbocycles. The third-order valence-corrected chi connectivity index (χ3v) is 5.46. The average Bonchev–Trinajstić information content (AvgIpc) is 2.83. The lowest BCUT2D eigenvalue weighted by atomic mass is 10.0. The first-order chi connectivity index (χ1) is 20.4. The first-order valence-corrected chi connectivity index (χ1v) is 14.5. The Bertz CT molecular complexity index is 1210. The van der Waals surface area contributed by atoms with Gasteiger partial charge in [0.25, 0.3) is 0 Å². The van der Waals surface area contributed by atoms with E-state index >= 15 is 0 Å². The van der Waals surface area contributed by atoms with Crippen molar-refractivity contribution in [2.24, 2.45) is 0 Å². The van der Waals surface area contributed by atoms with Crippen molar-refractivity contribution in [2.75, 3.05) is 0 Å². The number of amides is 3. The molecule has 0 aliphatic rings. The van der Waals surface area contributed by atoms with Gasteiger partial charge in [-0.3, -0.25) is 19.2 Å². The summed E-state index contributed by atoms with van der Waals surface area (Å²) in [6, 6.07) is 2.37. The lowest BCUT2D eigenvalue weighted by Gasteiger charge is -2.27. The number of hydrogen-bond donors (Lipinski definition) is 5. The molecule has 0 heterocycles. The molecule has 3 atom stereocenters. The van der Waals surface area contributed by atoms with Gasteiger partial charge in [-0.05, 0) is 86.4 Å². The van der Waals surface area contributed by atoms with Crippen LogP contribution in [0.3, 0.4) is 0 Å². The highest BCUT2D eigenvalue weighted by molar-refractivity contribution is 5.95. The van der Waals surface area contributed by atoms with Crippen LogP contribution in [-0.4, -0.2) is 81.0 Å². The number of carbonyl (C=O) groups is 6. The van der Waals surface area contributed by atoms with E-state index < -0.39 is 83.6 Å². The smallest absolute Gasteiger partial charge is 0.408 e. The summed E-state index contributed by atoms with van der Waals surface area (Å²) in [5.41, 5.74) is -1.65. The Morgan fingerprint density at radius 1 is 0.667 bits per heavy atom. The number of esters is 1. The topological polar surface area (TPSA) is 207 Å². The number of alkyl carbamates (subject to hydrolysis) is 1. The van der Waals surface area contributed by atoms with Gasteiger partial charge in [-0.25, -0.2) is 9.59 Å². The lowest BCUT2D eigenvalue weighted by molar-refractivity contribution is -0.158. The fourth-order valence-corrected chi connectivity index (χ4v) is 3.76. The molecule has 3 amide bonds. The van der Waals surface area contributed by atoms with Crippen molar-refractivity contribution in [3.05, 3.63) is 29.8 Å². The lowest BCUT2D eigenvalue weighted by Crippen LogP contribution is -2.57. The number of benzene rings is 1. The van der Waals surface area contributed by atoms with Crippen molar-refractivity contribution < 1.29 is 53.2 Å². The van der Waals surface area contributed by atoms with Crippen LogP contribution in [-0.2, 0) is 39.9 Å². The van der Waals surface area contributed by atoms with Crippen LogP contribution in [0.5, 0.6) is 5.75 Å². The Kier molecular flexibility index (Phi) is 13.8. The van der Waals surface area contributed by atoms with Gasteiger partial charge in [-0.2, -0.15) is 0 Å². The van der Waals surface area contributed by atoms with Crippen LogP contribution in [0.15, 0.2) is 24.3 Å². The third-order valence-electron chi connectivity index (χ3n) is 5.46. The van der Waals surface area contributed by atoms with Gasteiger partial charge in [0, 0.05) is 12.8 Å². The van der Waals surface area contributed by atoms with Gasteiger partial charge >= 0.3 is 24.0 Å². The molecule has 14 heteroatoms. The molecular formula is C31H47N3O11. The number of carboxylic acid groups (broad SMARTS) is 2. The number of carbonyl (C=O) groups excluding carboxylic acids is 4. The van der Waals surface area contributed by atoms with E-state index in [9.17, 15) is 33.9 Å². The minimum absolute atomic E-state index is 0.0361. The van der Waals surface area contributed by atoms with Crippen molar-refractivity contribution >= 4 is 35.8 Å². The molecule has 252 valence electrons. The van der Waals surface area contributed by atoms with Crippen LogP contribution in [0.4, 0.5) is 4.79 Å². The van der Waals surface area contributed by atoms with Gasteiger partial charge in [0.05, 0.1) is 6.42 Å². The maximum atomic E-state index is 13.4. The van der Waals surface area contributed by atoms with Crippen molar-refractivity contribution in [3.8, 4) is 5.75 Å². The fourth-order valence-electron chi connectivity index (χ4n) is 3.76. The molecule has 45 heavy (non-hydrogen) atoms. The van der Waals surface area contributed by atoms with Crippen LogP contribution in [0.1, 0.15) is 87.1 Å². The zero-order valence-corrected chi connectivity index (χ0v) is 27.4. The van der Waals surface area contributed by atoms with Crippen LogP contribution in [0, 0.1) is 0 Å². The van der Waals surface area contributed by atoms with Crippen LogP contribution >= 0.6 is 0 Å². The van der Waals surface area contributed by atoms with Crippen molar-refractivity contribution in [2.45, 2.75) is 123 Å². The van der Waals surface area contributed by atoms with Crippen molar-refractivity contribution in [1.29, 1.82) is 0 Å². The molecular weight excluding hydrogens is 590 g/mol. The number of rotatable bonds is 14. The Balaban J connectivity index is 3.25. The largest absolute Gasteiger partial charge is 0.488 e. The normalized spacial score (nSPS) is 13.8. The Morgan fingerprint density at radius 2 is 1.18 bits per heavy atom. The highest BCUT2D eigenvalue weighted by Gasteiger charge is 2.33. The second kappa shape index (κ2) is 16.1. The maximum absolute atomic E-state index is 13.4. The second-order valence-electron chi connectivity index (χ2n) is 13.4. The molecule has 5 N–H and O–H groups in total. The summed E-state index contributed by atoms with van der Waals surface area (Å²) in [5, 5.41) is 25.6. The summed E-state index contributed by atoms with van der Waals surface area (Å²) in [6.07, 6.45) is -2.83. The summed E-state index contributed by atoms with van der Waals surface area (Å²) >= 11 is 0. The van der Waals surface area contributed by atoms with Gasteiger partial charge in [0.1, 0.15) is 40.7 Å². The SMILES string of the molecule is CC(C)(C)OC(=O)N[C@@H](CCC(=O)O)C(=O)N[C@@H](CC(=O)O)C(=O)N[C@@H](Cc1ccc(OC(C)(C)C)cc1)C(=O)OC(C)(C)C. The van der Waals surface area contributed by atoms with E-state index in [-0.39, 0.29) is 12.8 Å². The Hall–Kier alpha value is -4.36. The summed E-state index contributed by atoms with van der Waals surface area (Å²) in [6.45, 7) is 15.4. The average molecular weight is 638 g/mol. The summed E-state index contributed by atoms with van der Waals surface area (Å²) in [7, 11) is 0. The van der Waals surface area contributed by atoms with Gasteiger partial charge in [-0.1, -0.05) is 12.1 Å². The molecule has 0 bridgehead atoms. The molecule has 0 radical (unpaired) electrons. The highest BCUT2D eigenvalue weighted by Crippen LogP contribution is 2.20. The number of ether oxygens (including phenoxy) is 3. The van der Waals surface area contributed by atoms with Crippen molar-refractivity contribution in [1.82, 2.24) is 16.0 Å². The summed E-state index contributed by atoms with van der Waals surface area (Å²) < 4.78 is 16.4. The first-order valence-electron chi connectivity index (χ1n) is 14.5. The molecule has 1 rings (SSSR count). The van der Waals surface area contributed by atoms with E-state index in [1.165, 1.54) is 0 Å². The molecule has 0 spiro atoms. The first kappa shape index (κ1) is 38.7. The van der Waals surface area contributed by atoms with E-state index in [4.69, 9.17) is 19.3 Å². The number of aliphatic carboxylic acids is 2. The molecule has 0 aliphatic heterocycles. The predicted octanol–water partition coefficient (Wildman–Crippen LogP) is 2.95. The predicted molar refractivity (Wildman–Crippen MR) is 163 cm³/mol. The minimum atomic E-state index is -1.70. The Labute approximate surface area is 263 Å². The molecule has 0 aliphatic carbocycles. The number of hydrogen-bond acceptors (Lipinski definition) is 9. The number of carboxylic acids is 2. The fraction of sp³-hybridized carbons (Fsp3) is 0.613. The zero-order chi connectivity index (χ0) is 34.8. The van der Waals surface area contributed by atoms with E-state index in [0.29, 0.717) is 11.3 Å². The third kappa shape index (κ3) is 16.9. The van der Waals surface area contributed by atoms with Crippen LogP contribution in [0.25, 0.3) is 0 Å². The molecule has 1 aromatic rings. The van der Waals surface area contributed by atoms with Gasteiger partial charge < -0.3 is 40.4 Å². The van der Waals surface area contributed by atoms with Gasteiger partial charge in [-0.15, -0.1) is 0 Å². The maximum Gasteiger partial charge on any atom is 0.408 e. The standard InChI is InChI=1S/C31H47N3O11/c1-29(2,3)43-19-12-10-18(11-13-19)16-22(27(41)44-30(4,5)6)33-26(40)21(17-24(37)38)32-25(39)20(14-15-23(35)36)34-28(42)45-31(7,8)9/h10-13,20-22H,14-17H2,1-9H3,(H,32,39)(H,33,40)(H,34,42)(H,35,36)(H,37,38)/t20-,21-,22-/m0/s1. The van der Waals surface area contributed by atoms with Gasteiger partial charge in [0.2, 0.25) is 11.8 Å². The second-order valence-corrected chi connectivity index (χ2v) is 13.4. The highest BCUT2D eigenvalue weighted by atomic mass is 16.6. The van der Waals surface area contributed by atoms with Gasteiger partial charge in [0.15, 0.2) is 0 Å². The number of nitrogens with one attached hydrogen (secondary N) is 3. The van der Waals surface area contributed by atoms with E-state index in [1.54, 1.807) is 65.8 Å². The van der Waals surface area contributed by atoms with Crippen molar-refractivity contribution in [3.63, 3.8) is 0 Å². The summed E-state index contributed by atoms with van der Waals surface area (Å²) in [4.78, 5) is 74.8. The molecule has 0 unspecified atom stereocenters. The van der Waals surface area contributed by atoms with E-state index in [1.807, 2.05) is 20.8 Å². The summed E-state index contributed by atoms with van der Waals surface area (Å²) in [5.74, 6) is -4.93. The Morgan fingerprint density at radius 3 is 1.64 bits per heavy atom. The minimum Gasteiger partial charge on any atom is -0.488 e. The van der Waals surface area contributed by atoms with E-state index in [0.717, 1.165) is 0 Å². The van der Waals surface area contributed by atoms with Crippen LogP contribution in [0.2, 0.25) is 0 Å². The monoisotopic (exact) mass is 637 g/mol. The zero-order valence-electron chi connectivity index (χ0n) is 27.4. The molecule has 1 aromatic carbocycles. The molecule has 0 saturated heterocycles. The quantitative estimate of drug-likeness (QED) is 0.187. The molecule has 14 nitrogen and oxygen atoms in total.